The van der Waals surface area contributed by atoms with Gasteiger partial charge in [-0.15, -0.1) is 11.3 Å². The van der Waals surface area contributed by atoms with Gasteiger partial charge in [-0.1, -0.05) is 115 Å². The van der Waals surface area contributed by atoms with Crippen LogP contribution in [0.2, 0.25) is 0 Å². The topological polar surface area (TPSA) is 43.6 Å². The quantitative estimate of drug-likeness (QED) is 0.208. The van der Waals surface area contributed by atoms with Gasteiger partial charge in [-0.25, -0.2) is 4.98 Å². The molecule has 0 aliphatic heterocycles. The number of benzene rings is 6. The van der Waals surface area contributed by atoms with Gasteiger partial charge in [0.25, 0.3) is 0 Å². The maximum absolute atomic E-state index is 5.16. The van der Waals surface area contributed by atoms with Gasteiger partial charge in [0.2, 0.25) is 5.95 Å². The smallest absolute Gasteiger partial charge is 0.238 e. The Bertz CT molecular complexity index is 2490. The van der Waals surface area contributed by atoms with Crippen molar-refractivity contribution >= 4 is 53.3 Å². The molecule has 0 fully saturated rings. The normalized spacial score (nSPS) is 11.6. The van der Waals surface area contributed by atoms with Gasteiger partial charge in [-0.05, 0) is 41.5 Å². The molecule has 0 aliphatic rings. The lowest BCUT2D eigenvalue weighted by molar-refractivity contribution is 0.954. The Hall–Kier alpha value is -5.65. The van der Waals surface area contributed by atoms with Gasteiger partial charge in [0, 0.05) is 42.1 Å². The van der Waals surface area contributed by atoms with Crippen molar-refractivity contribution in [1.82, 2.24) is 19.5 Å². The van der Waals surface area contributed by atoms with Crippen molar-refractivity contribution < 1.29 is 0 Å². The van der Waals surface area contributed by atoms with Crippen molar-refractivity contribution in [3.05, 3.63) is 146 Å². The van der Waals surface area contributed by atoms with Crippen LogP contribution in [0.25, 0.3) is 81.8 Å². The molecule has 3 aromatic heterocycles. The molecule has 5 heteroatoms. The molecule has 0 N–H and O–H groups in total. The van der Waals surface area contributed by atoms with Gasteiger partial charge < -0.3 is 0 Å². The molecule has 0 atom stereocenters. The lowest BCUT2D eigenvalue weighted by Crippen LogP contribution is -2.06. The standard InChI is InChI=1S/C39H24N4S/c1-3-11-25(12-4-1)27-20-22-34-32(23-27)29-15-7-9-17-33(29)43(34)39-41-37(26-13-5-2-6-14-26)40-38(42-39)28-19-21-31-30-16-8-10-18-35(30)44-36(31)24-28/h1-24H. The third-order valence-corrected chi connectivity index (χ3v) is 9.41. The van der Waals surface area contributed by atoms with E-state index in [1.807, 2.05) is 18.2 Å². The van der Waals surface area contributed by atoms with E-state index < -0.39 is 0 Å². The van der Waals surface area contributed by atoms with E-state index >= 15 is 0 Å². The minimum Gasteiger partial charge on any atom is -0.278 e. The molecule has 0 aliphatic carbocycles. The molecule has 44 heavy (non-hydrogen) atoms. The zero-order valence-corrected chi connectivity index (χ0v) is 24.4. The molecule has 4 nitrogen and oxygen atoms in total. The average Bonchev–Trinajstić information content (AvgIpc) is 3.64. The van der Waals surface area contributed by atoms with Gasteiger partial charge in [-0.3, -0.25) is 4.57 Å². The summed E-state index contributed by atoms with van der Waals surface area (Å²) in [6.45, 7) is 0. The Morgan fingerprint density at radius 3 is 1.82 bits per heavy atom. The van der Waals surface area contributed by atoms with Gasteiger partial charge in [0.1, 0.15) is 0 Å². The Kier molecular flexibility index (Phi) is 5.64. The molecular formula is C39H24N4S. The Balaban J connectivity index is 1.29. The van der Waals surface area contributed by atoms with Gasteiger partial charge in [0.05, 0.1) is 11.0 Å². The number of hydrogen-bond acceptors (Lipinski definition) is 4. The first-order valence-electron chi connectivity index (χ1n) is 14.6. The summed E-state index contributed by atoms with van der Waals surface area (Å²) >= 11 is 1.80. The molecule has 0 bridgehead atoms. The zero-order chi connectivity index (χ0) is 29.0. The predicted octanol–water partition coefficient (Wildman–Crippen LogP) is 10.3. The van der Waals surface area contributed by atoms with E-state index in [4.69, 9.17) is 15.0 Å². The van der Waals surface area contributed by atoms with Crippen molar-refractivity contribution in [3.8, 4) is 39.9 Å². The fourth-order valence-electron chi connectivity index (χ4n) is 6.17. The van der Waals surface area contributed by atoms with Crippen LogP contribution in [0.1, 0.15) is 0 Å². The van der Waals surface area contributed by atoms with Crippen LogP contribution in [0.15, 0.2) is 146 Å². The second-order valence-corrected chi connectivity index (χ2v) is 12.0. The molecule has 206 valence electrons. The number of thiophene rings is 1. The number of fused-ring (bicyclic) bond motifs is 6. The second kappa shape index (κ2) is 9.97. The third kappa shape index (κ3) is 4.02. The molecule has 9 aromatic rings. The van der Waals surface area contributed by atoms with E-state index in [0.29, 0.717) is 17.6 Å². The van der Waals surface area contributed by atoms with E-state index in [9.17, 15) is 0 Å². The Labute approximate surface area is 257 Å². The first-order chi connectivity index (χ1) is 21.8. The van der Waals surface area contributed by atoms with Gasteiger partial charge in [0.15, 0.2) is 11.6 Å². The number of nitrogens with zero attached hydrogens (tertiary/aromatic N) is 4. The monoisotopic (exact) mass is 580 g/mol. The average molecular weight is 581 g/mol. The lowest BCUT2D eigenvalue weighted by atomic mass is 10.0. The predicted molar refractivity (Wildman–Crippen MR) is 183 cm³/mol. The van der Waals surface area contributed by atoms with E-state index in [1.54, 1.807) is 11.3 Å². The van der Waals surface area contributed by atoms with Crippen LogP contribution in [0.5, 0.6) is 0 Å². The molecule has 0 spiro atoms. The molecule has 3 heterocycles. The molecule has 0 saturated carbocycles. The molecule has 0 amide bonds. The molecule has 6 aromatic carbocycles. The summed E-state index contributed by atoms with van der Waals surface area (Å²) in [6.07, 6.45) is 0. The van der Waals surface area contributed by atoms with Crippen molar-refractivity contribution in [2.24, 2.45) is 0 Å². The zero-order valence-electron chi connectivity index (χ0n) is 23.6. The highest BCUT2D eigenvalue weighted by Gasteiger charge is 2.18. The van der Waals surface area contributed by atoms with Crippen molar-refractivity contribution in [3.63, 3.8) is 0 Å². The van der Waals surface area contributed by atoms with E-state index in [1.165, 1.54) is 31.3 Å². The first-order valence-corrected chi connectivity index (χ1v) is 15.4. The van der Waals surface area contributed by atoms with E-state index in [-0.39, 0.29) is 0 Å². The van der Waals surface area contributed by atoms with Crippen molar-refractivity contribution in [2.75, 3.05) is 0 Å². The molecule has 9 rings (SSSR count). The summed E-state index contributed by atoms with van der Waals surface area (Å²) in [5.74, 6) is 1.90. The molecule has 0 saturated heterocycles. The lowest BCUT2D eigenvalue weighted by Gasteiger charge is -2.11. The van der Waals surface area contributed by atoms with Gasteiger partial charge >= 0.3 is 0 Å². The number of aromatic nitrogens is 4. The Morgan fingerprint density at radius 1 is 0.386 bits per heavy atom. The van der Waals surface area contributed by atoms with Crippen molar-refractivity contribution in [2.45, 2.75) is 0 Å². The maximum Gasteiger partial charge on any atom is 0.238 e. The molecule has 0 radical (unpaired) electrons. The van der Waals surface area contributed by atoms with Crippen LogP contribution in [0.4, 0.5) is 0 Å². The van der Waals surface area contributed by atoms with Crippen LogP contribution >= 0.6 is 11.3 Å². The van der Waals surface area contributed by atoms with Crippen LogP contribution in [0, 0.1) is 0 Å². The first kappa shape index (κ1) is 24.9. The Morgan fingerprint density at radius 2 is 1.00 bits per heavy atom. The maximum atomic E-state index is 5.16. The highest BCUT2D eigenvalue weighted by atomic mass is 32.1. The third-order valence-electron chi connectivity index (χ3n) is 8.27. The molecule has 0 unspecified atom stereocenters. The minimum atomic E-state index is 0.601. The van der Waals surface area contributed by atoms with Crippen LogP contribution < -0.4 is 0 Å². The largest absolute Gasteiger partial charge is 0.278 e. The summed E-state index contributed by atoms with van der Waals surface area (Å²) in [5, 5.41) is 4.86. The molecular weight excluding hydrogens is 557 g/mol. The van der Waals surface area contributed by atoms with Crippen molar-refractivity contribution in [1.29, 1.82) is 0 Å². The summed E-state index contributed by atoms with van der Waals surface area (Å²) < 4.78 is 4.67. The fraction of sp³-hybridized carbons (Fsp3) is 0. The fourth-order valence-corrected chi connectivity index (χ4v) is 7.32. The SMILES string of the molecule is c1ccc(-c2ccc3c(c2)c2ccccc2n3-c2nc(-c3ccccc3)nc(-c3ccc4c(c3)sc3ccccc34)n2)cc1. The second-order valence-electron chi connectivity index (χ2n) is 10.9. The number of rotatable bonds is 4. The van der Waals surface area contributed by atoms with Crippen LogP contribution in [-0.4, -0.2) is 19.5 Å². The number of para-hydroxylation sites is 1. The van der Waals surface area contributed by atoms with Crippen LogP contribution in [0.3, 0.4) is 0 Å². The minimum absolute atomic E-state index is 0.601. The summed E-state index contributed by atoms with van der Waals surface area (Å²) in [4.78, 5) is 15.3. The number of hydrogen-bond donors (Lipinski definition) is 0. The van der Waals surface area contributed by atoms with Crippen LogP contribution in [-0.2, 0) is 0 Å². The van der Waals surface area contributed by atoms with E-state index in [0.717, 1.165) is 32.9 Å². The van der Waals surface area contributed by atoms with Gasteiger partial charge in [-0.2, -0.15) is 9.97 Å². The summed E-state index contributed by atoms with van der Waals surface area (Å²) in [7, 11) is 0. The summed E-state index contributed by atoms with van der Waals surface area (Å²) in [5.41, 5.74) is 6.41. The van der Waals surface area contributed by atoms with E-state index in [2.05, 4.69) is 132 Å². The summed E-state index contributed by atoms with van der Waals surface area (Å²) in [6, 6.07) is 50.9. The highest BCUT2D eigenvalue weighted by molar-refractivity contribution is 7.25. The highest BCUT2D eigenvalue weighted by Crippen LogP contribution is 2.37.